The lowest BCUT2D eigenvalue weighted by Crippen LogP contribution is -2.35. The normalized spacial score (nSPS) is 11.1. The molecular formula is C15H13F2NO5S. The number of carboxylic acid groups (broad SMARTS) is 1. The summed E-state index contributed by atoms with van der Waals surface area (Å²) in [7, 11) is -3.20. The van der Waals surface area contributed by atoms with Gasteiger partial charge in [-0.3, -0.25) is 9.10 Å². The minimum Gasteiger partial charge on any atom is -0.494 e. The van der Waals surface area contributed by atoms with Crippen LogP contribution in [0, 0.1) is 11.6 Å². The number of rotatable bonds is 6. The van der Waals surface area contributed by atoms with E-state index < -0.39 is 39.1 Å². The van der Waals surface area contributed by atoms with Crippen LogP contribution in [0.15, 0.2) is 47.4 Å². The molecule has 0 saturated heterocycles. The average molecular weight is 357 g/mol. The van der Waals surface area contributed by atoms with Crippen LogP contribution in [0.25, 0.3) is 0 Å². The van der Waals surface area contributed by atoms with Crippen molar-refractivity contribution >= 4 is 21.7 Å². The molecule has 0 aliphatic carbocycles. The molecule has 0 fully saturated rings. The molecule has 0 bridgehead atoms. The van der Waals surface area contributed by atoms with Crippen molar-refractivity contribution in [3.63, 3.8) is 0 Å². The van der Waals surface area contributed by atoms with E-state index in [4.69, 9.17) is 9.84 Å². The van der Waals surface area contributed by atoms with E-state index in [2.05, 4.69) is 0 Å². The SMILES string of the molecule is COc1ccc(S(=O)(=O)N(CC(=O)O)c2cccc(F)c2)cc1F. The summed E-state index contributed by atoms with van der Waals surface area (Å²) in [4.78, 5) is 10.5. The van der Waals surface area contributed by atoms with E-state index in [0.29, 0.717) is 10.4 Å². The van der Waals surface area contributed by atoms with Crippen molar-refractivity contribution in [2.45, 2.75) is 4.90 Å². The molecule has 0 spiro atoms. The second kappa shape index (κ2) is 6.83. The molecule has 2 rings (SSSR count). The third-order valence-electron chi connectivity index (χ3n) is 3.09. The molecule has 0 heterocycles. The Bertz CT molecular complexity index is 870. The highest BCUT2D eigenvalue weighted by atomic mass is 32.2. The van der Waals surface area contributed by atoms with Crippen LogP contribution >= 0.6 is 0 Å². The Balaban J connectivity index is 2.55. The Morgan fingerprint density at radius 1 is 1.21 bits per heavy atom. The molecule has 0 atom stereocenters. The summed E-state index contributed by atoms with van der Waals surface area (Å²) < 4.78 is 57.7. The molecule has 128 valence electrons. The second-order valence-electron chi connectivity index (χ2n) is 4.68. The van der Waals surface area contributed by atoms with Crippen molar-refractivity contribution < 1.29 is 31.8 Å². The van der Waals surface area contributed by atoms with E-state index in [9.17, 15) is 22.0 Å². The Labute approximate surface area is 137 Å². The molecule has 6 nitrogen and oxygen atoms in total. The second-order valence-corrected chi connectivity index (χ2v) is 6.54. The Hall–Kier alpha value is -2.68. The first kappa shape index (κ1) is 17.7. The molecule has 0 aliphatic rings. The van der Waals surface area contributed by atoms with Crippen LogP contribution in [0.5, 0.6) is 5.75 Å². The molecule has 1 N–H and O–H groups in total. The molecule has 0 amide bonds. The van der Waals surface area contributed by atoms with E-state index in [1.165, 1.54) is 19.2 Å². The smallest absolute Gasteiger partial charge is 0.324 e. The van der Waals surface area contributed by atoms with Crippen molar-refractivity contribution in [1.82, 2.24) is 0 Å². The highest BCUT2D eigenvalue weighted by molar-refractivity contribution is 7.92. The topological polar surface area (TPSA) is 83.9 Å². The third-order valence-corrected chi connectivity index (χ3v) is 4.86. The van der Waals surface area contributed by atoms with Crippen LogP contribution in [0.2, 0.25) is 0 Å². The number of carbonyl (C=O) groups is 1. The van der Waals surface area contributed by atoms with Crippen LogP contribution in [0.1, 0.15) is 0 Å². The van der Waals surface area contributed by atoms with Crippen molar-refractivity contribution in [3.05, 3.63) is 54.1 Å². The molecule has 2 aromatic carbocycles. The zero-order valence-electron chi connectivity index (χ0n) is 12.4. The molecule has 2 aromatic rings. The van der Waals surface area contributed by atoms with Crippen molar-refractivity contribution in [3.8, 4) is 5.75 Å². The number of halogens is 2. The molecular weight excluding hydrogens is 344 g/mol. The first-order valence-corrected chi connectivity index (χ1v) is 8.03. The van der Waals surface area contributed by atoms with E-state index >= 15 is 0 Å². The Morgan fingerprint density at radius 3 is 2.46 bits per heavy atom. The van der Waals surface area contributed by atoms with E-state index in [1.807, 2.05) is 0 Å². The van der Waals surface area contributed by atoms with Gasteiger partial charge < -0.3 is 9.84 Å². The largest absolute Gasteiger partial charge is 0.494 e. The first-order valence-electron chi connectivity index (χ1n) is 6.59. The lowest BCUT2D eigenvalue weighted by molar-refractivity contribution is -0.135. The van der Waals surface area contributed by atoms with Gasteiger partial charge in [0.25, 0.3) is 10.0 Å². The lowest BCUT2D eigenvalue weighted by Gasteiger charge is -2.23. The van der Waals surface area contributed by atoms with Crippen molar-refractivity contribution in [1.29, 1.82) is 0 Å². The van der Waals surface area contributed by atoms with Crippen LogP contribution in [-0.4, -0.2) is 33.1 Å². The summed E-state index contributed by atoms with van der Waals surface area (Å²) in [5.41, 5.74) is -0.186. The maximum absolute atomic E-state index is 13.8. The zero-order chi connectivity index (χ0) is 17.9. The summed E-state index contributed by atoms with van der Waals surface area (Å²) in [5.74, 6) is -3.27. The van der Waals surface area contributed by atoms with Crippen LogP contribution in [0.3, 0.4) is 0 Å². The molecule has 9 heteroatoms. The van der Waals surface area contributed by atoms with E-state index in [1.54, 1.807) is 0 Å². The highest BCUT2D eigenvalue weighted by Crippen LogP contribution is 2.27. The van der Waals surface area contributed by atoms with Gasteiger partial charge >= 0.3 is 5.97 Å². The lowest BCUT2D eigenvalue weighted by atomic mass is 10.3. The number of nitrogens with zero attached hydrogens (tertiary/aromatic N) is 1. The fourth-order valence-corrected chi connectivity index (χ4v) is 3.42. The standard InChI is InChI=1S/C15H13F2NO5S/c1-23-14-6-5-12(8-13(14)17)24(21,22)18(9-15(19)20)11-4-2-3-10(16)7-11/h2-8H,9H2,1H3,(H,19,20). The predicted molar refractivity (Wildman–Crippen MR) is 81.5 cm³/mol. The third kappa shape index (κ3) is 3.62. The van der Waals surface area contributed by atoms with Gasteiger partial charge in [-0.1, -0.05) is 6.07 Å². The van der Waals surface area contributed by atoms with Gasteiger partial charge in [0.2, 0.25) is 0 Å². The summed E-state index contributed by atoms with van der Waals surface area (Å²) in [5, 5.41) is 8.97. The van der Waals surface area contributed by atoms with Crippen molar-refractivity contribution in [2.24, 2.45) is 0 Å². The molecule has 0 aromatic heterocycles. The van der Waals surface area contributed by atoms with Gasteiger partial charge in [-0.15, -0.1) is 0 Å². The number of ether oxygens (including phenoxy) is 1. The average Bonchev–Trinajstić information content (AvgIpc) is 2.52. The predicted octanol–water partition coefficient (Wildman–Crippen LogP) is 2.25. The number of hydrogen-bond acceptors (Lipinski definition) is 4. The van der Waals surface area contributed by atoms with Crippen molar-refractivity contribution in [2.75, 3.05) is 18.0 Å². The Kier molecular flexibility index (Phi) is 5.03. The molecule has 0 radical (unpaired) electrons. The first-order chi connectivity index (χ1) is 11.3. The molecule has 0 unspecified atom stereocenters. The zero-order valence-corrected chi connectivity index (χ0v) is 13.3. The van der Waals surface area contributed by atoms with Gasteiger partial charge in [0.15, 0.2) is 11.6 Å². The van der Waals surface area contributed by atoms with Gasteiger partial charge in [0.05, 0.1) is 17.7 Å². The van der Waals surface area contributed by atoms with E-state index in [0.717, 1.165) is 24.3 Å². The summed E-state index contributed by atoms with van der Waals surface area (Å²) in [6, 6.07) is 7.33. The summed E-state index contributed by atoms with van der Waals surface area (Å²) in [6.07, 6.45) is 0. The van der Waals surface area contributed by atoms with Gasteiger partial charge in [0, 0.05) is 0 Å². The minimum absolute atomic E-state index is 0.163. The van der Waals surface area contributed by atoms with E-state index in [-0.39, 0.29) is 11.4 Å². The molecule has 0 aliphatic heterocycles. The fourth-order valence-electron chi connectivity index (χ4n) is 2.00. The van der Waals surface area contributed by atoms with Gasteiger partial charge in [-0.25, -0.2) is 17.2 Å². The number of carboxylic acids is 1. The monoisotopic (exact) mass is 357 g/mol. The number of aliphatic carboxylic acids is 1. The maximum atomic E-state index is 13.8. The Morgan fingerprint density at radius 2 is 1.92 bits per heavy atom. The van der Waals surface area contributed by atoms with Gasteiger partial charge in [-0.05, 0) is 36.4 Å². The van der Waals surface area contributed by atoms with Gasteiger partial charge in [0.1, 0.15) is 12.4 Å². The van der Waals surface area contributed by atoms with Gasteiger partial charge in [-0.2, -0.15) is 0 Å². The van der Waals surface area contributed by atoms with Crippen LogP contribution in [0.4, 0.5) is 14.5 Å². The highest BCUT2D eigenvalue weighted by Gasteiger charge is 2.28. The quantitative estimate of drug-likeness (QED) is 0.857. The van der Waals surface area contributed by atoms with Crippen LogP contribution < -0.4 is 9.04 Å². The summed E-state index contributed by atoms with van der Waals surface area (Å²) >= 11 is 0. The number of benzene rings is 2. The maximum Gasteiger partial charge on any atom is 0.324 e. The molecule has 24 heavy (non-hydrogen) atoms. The number of sulfonamides is 1. The summed E-state index contributed by atoms with van der Waals surface area (Å²) in [6.45, 7) is -0.945. The fraction of sp³-hybridized carbons (Fsp3) is 0.133. The number of methoxy groups -OCH3 is 1. The van der Waals surface area contributed by atoms with Crippen LogP contribution in [-0.2, 0) is 14.8 Å². The number of anilines is 1. The minimum atomic E-state index is -4.42. The molecule has 0 saturated carbocycles. The number of hydrogen-bond donors (Lipinski definition) is 1.